The average Bonchev–Trinajstić information content (AvgIpc) is 2.42. The van der Waals surface area contributed by atoms with Gasteiger partial charge in [-0.15, -0.1) is 0 Å². The maximum Gasteiger partial charge on any atom is 0.0453 e. The molecule has 0 aliphatic rings. The molecule has 0 fully saturated rings. The van der Waals surface area contributed by atoms with E-state index in [4.69, 9.17) is 23.2 Å². The average molecular weight is 316 g/mol. The maximum absolute atomic E-state index is 6.26. The number of rotatable bonds is 10. The second kappa shape index (κ2) is 10.5. The Balaban J connectivity index is 2.49. The van der Waals surface area contributed by atoms with Crippen molar-refractivity contribution in [1.82, 2.24) is 5.32 Å². The van der Waals surface area contributed by atoms with Crippen molar-refractivity contribution in [2.24, 2.45) is 0 Å². The molecule has 0 heterocycles. The van der Waals surface area contributed by atoms with E-state index >= 15 is 0 Å². The van der Waals surface area contributed by atoms with Crippen molar-refractivity contribution in [2.75, 3.05) is 6.54 Å². The molecule has 0 saturated heterocycles. The van der Waals surface area contributed by atoms with E-state index in [1.54, 1.807) is 0 Å². The van der Waals surface area contributed by atoms with Gasteiger partial charge in [0.2, 0.25) is 0 Å². The first-order valence-electron chi connectivity index (χ1n) is 7.85. The van der Waals surface area contributed by atoms with E-state index in [-0.39, 0.29) is 0 Å². The van der Waals surface area contributed by atoms with E-state index in [0.29, 0.717) is 6.04 Å². The first kappa shape index (κ1) is 17.8. The molecule has 0 radical (unpaired) electrons. The van der Waals surface area contributed by atoms with Gasteiger partial charge >= 0.3 is 0 Å². The molecule has 0 saturated carbocycles. The lowest BCUT2D eigenvalue weighted by molar-refractivity contribution is 0.461. The van der Waals surface area contributed by atoms with Gasteiger partial charge < -0.3 is 5.32 Å². The zero-order valence-electron chi connectivity index (χ0n) is 12.7. The lowest BCUT2D eigenvalue weighted by atomic mass is 9.99. The highest BCUT2D eigenvalue weighted by atomic mass is 35.5. The molecule has 1 atom stereocenters. The molecule has 1 nitrogen and oxygen atoms in total. The fourth-order valence-corrected chi connectivity index (χ4v) is 3.08. The van der Waals surface area contributed by atoms with E-state index in [2.05, 4.69) is 19.2 Å². The molecule has 20 heavy (non-hydrogen) atoms. The van der Waals surface area contributed by atoms with Crippen LogP contribution >= 0.6 is 23.2 Å². The van der Waals surface area contributed by atoms with Crippen LogP contribution in [0.1, 0.15) is 57.9 Å². The molecule has 0 bridgehead atoms. The molecule has 0 amide bonds. The number of hydrogen-bond donors (Lipinski definition) is 1. The Morgan fingerprint density at radius 1 is 1.00 bits per heavy atom. The van der Waals surface area contributed by atoms with Crippen molar-refractivity contribution < 1.29 is 0 Å². The third-order valence-corrected chi connectivity index (χ3v) is 4.37. The van der Waals surface area contributed by atoms with Gasteiger partial charge in [-0.05, 0) is 37.1 Å². The van der Waals surface area contributed by atoms with E-state index in [0.717, 1.165) is 28.6 Å². The number of halogens is 2. The lowest BCUT2D eigenvalue weighted by Gasteiger charge is -2.19. The molecule has 1 rings (SSSR count). The summed E-state index contributed by atoms with van der Waals surface area (Å²) in [6, 6.07) is 6.22. The second-order valence-corrected chi connectivity index (χ2v) is 6.18. The van der Waals surface area contributed by atoms with E-state index in [1.165, 1.54) is 38.5 Å². The zero-order valence-corrected chi connectivity index (χ0v) is 14.2. The van der Waals surface area contributed by atoms with Crippen molar-refractivity contribution in [3.05, 3.63) is 33.8 Å². The summed E-state index contributed by atoms with van der Waals surface area (Å²) in [5.74, 6) is 0. The van der Waals surface area contributed by atoms with Crippen molar-refractivity contribution in [3.63, 3.8) is 0 Å². The number of hydrogen-bond acceptors (Lipinski definition) is 1. The predicted molar refractivity (Wildman–Crippen MR) is 91.0 cm³/mol. The summed E-state index contributed by atoms with van der Waals surface area (Å²) >= 11 is 12.5. The minimum atomic E-state index is 0.471. The third kappa shape index (κ3) is 6.47. The van der Waals surface area contributed by atoms with Crippen LogP contribution in [0.5, 0.6) is 0 Å². The molecule has 1 N–H and O–H groups in total. The minimum absolute atomic E-state index is 0.471. The predicted octanol–water partition coefficient (Wildman–Crippen LogP) is 5.87. The summed E-state index contributed by atoms with van der Waals surface area (Å²) in [6.45, 7) is 5.39. The molecule has 1 unspecified atom stereocenters. The highest BCUT2D eigenvalue weighted by Gasteiger charge is 2.13. The molecular weight excluding hydrogens is 289 g/mol. The minimum Gasteiger partial charge on any atom is -0.314 e. The number of likely N-dealkylation sites (N-methyl/N-ethyl adjacent to an activating group) is 1. The summed E-state index contributed by atoms with van der Waals surface area (Å²) in [7, 11) is 0. The van der Waals surface area contributed by atoms with Crippen molar-refractivity contribution >= 4 is 23.2 Å². The molecule has 0 aliphatic carbocycles. The van der Waals surface area contributed by atoms with E-state index < -0.39 is 0 Å². The van der Waals surface area contributed by atoms with Gasteiger partial charge in [-0.3, -0.25) is 0 Å². The Bertz CT molecular complexity index is 359. The summed E-state index contributed by atoms with van der Waals surface area (Å²) in [5, 5.41) is 5.13. The van der Waals surface area contributed by atoms with E-state index in [9.17, 15) is 0 Å². The molecule has 0 aromatic heterocycles. The van der Waals surface area contributed by atoms with Crippen LogP contribution in [0.4, 0.5) is 0 Å². The fourth-order valence-electron chi connectivity index (χ4n) is 2.53. The molecular formula is C17H27Cl2N. The van der Waals surface area contributed by atoms with Crippen LogP contribution in [0.25, 0.3) is 0 Å². The molecule has 3 heteroatoms. The quantitative estimate of drug-likeness (QED) is 0.532. The zero-order chi connectivity index (χ0) is 14.8. The SMILES string of the molecule is CCCCCCCC(Cc1c(Cl)cccc1Cl)NCC. The van der Waals surface area contributed by atoms with Gasteiger partial charge in [0.1, 0.15) is 0 Å². The Kier molecular flexibility index (Phi) is 9.33. The monoisotopic (exact) mass is 315 g/mol. The third-order valence-electron chi connectivity index (χ3n) is 3.66. The Hall–Kier alpha value is -0.240. The summed E-state index contributed by atoms with van der Waals surface area (Å²) in [6.07, 6.45) is 8.71. The van der Waals surface area contributed by atoms with Crippen molar-refractivity contribution in [2.45, 2.75) is 64.8 Å². The van der Waals surface area contributed by atoms with Crippen molar-refractivity contribution in [3.8, 4) is 0 Å². The standard InChI is InChI=1S/C17H27Cl2N/c1-3-5-6-7-8-10-14(20-4-2)13-15-16(18)11-9-12-17(15)19/h9,11-12,14,20H,3-8,10,13H2,1-2H3. The molecule has 1 aromatic carbocycles. The van der Waals surface area contributed by atoms with Gasteiger partial charge in [0.25, 0.3) is 0 Å². The van der Waals surface area contributed by atoms with Crippen LogP contribution in [-0.4, -0.2) is 12.6 Å². The fraction of sp³-hybridized carbons (Fsp3) is 0.647. The van der Waals surface area contributed by atoms with Gasteiger partial charge in [0.15, 0.2) is 0 Å². The smallest absolute Gasteiger partial charge is 0.0453 e. The van der Waals surface area contributed by atoms with Gasteiger partial charge in [-0.2, -0.15) is 0 Å². The summed E-state index contributed by atoms with van der Waals surface area (Å²) in [5.41, 5.74) is 1.08. The number of unbranched alkanes of at least 4 members (excludes halogenated alkanes) is 4. The maximum atomic E-state index is 6.26. The van der Waals surface area contributed by atoms with Gasteiger partial charge in [-0.25, -0.2) is 0 Å². The summed E-state index contributed by atoms with van der Waals surface area (Å²) in [4.78, 5) is 0. The van der Waals surface area contributed by atoms with E-state index in [1.807, 2.05) is 18.2 Å². The summed E-state index contributed by atoms with van der Waals surface area (Å²) < 4.78 is 0. The van der Waals surface area contributed by atoms with Crippen LogP contribution in [0.3, 0.4) is 0 Å². The highest BCUT2D eigenvalue weighted by Crippen LogP contribution is 2.26. The largest absolute Gasteiger partial charge is 0.314 e. The molecule has 1 aromatic rings. The first-order chi connectivity index (χ1) is 9.69. The van der Waals surface area contributed by atoms with Gasteiger partial charge in [0, 0.05) is 16.1 Å². The first-order valence-corrected chi connectivity index (χ1v) is 8.60. The second-order valence-electron chi connectivity index (χ2n) is 5.36. The van der Waals surface area contributed by atoms with Crippen LogP contribution < -0.4 is 5.32 Å². The highest BCUT2D eigenvalue weighted by molar-refractivity contribution is 6.35. The molecule has 0 aliphatic heterocycles. The number of benzene rings is 1. The Labute approximate surface area is 134 Å². The topological polar surface area (TPSA) is 12.0 Å². The van der Waals surface area contributed by atoms with Crippen LogP contribution in [-0.2, 0) is 6.42 Å². The normalized spacial score (nSPS) is 12.6. The molecule has 114 valence electrons. The lowest BCUT2D eigenvalue weighted by Crippen LogP contribution is -2.31. The van der Waals surface area contributed by atoms with Crippen LogP contribution in [0, 0.1) is 0 Å². The van der Waals surface area contributed by atoms with Gasteiger partial charge in [0.05, 0.1) is 0 Å². The van der Waals surface area contributed by atoms with Crippen molar-refractivity contribution in [1.29, 1.82) is 0 Å². The van der Waals surface area contributed by atoms with Crippen LogP contribution in [0.2, 0.25) is 10.0 Å². The van der Waals surface area contributed by atoms with Gasteiger partial charge in [-0.1, -0.05) is 75.2 Å². The molecule has 0 spiro atoms. The Morgan fingerprint density at radius 2 is 1.65 bits per heavy atom. The Morgan fingerprint density at radius 3 is 2.25 bits per heavy atom. The van der Waals surface area contributed by atoms with Crippen LogP contribution in [0.15, 0.2) is 18.2 Å². The number of nitrogens with one attached hydrogen (secondary N) is 1.